The highest BCUT2D eigenvalue weighted by atomic mass is 79.9. The van der Waals surface area contributed by atoms with Crippen LogP contribution in [0, 0.1) is 0 Å². The minimum atomic E-state index is -0.482. The van der Waals surface area contributed by atoms with E-state index in [-0.39, 0.29) is 0 Å². The largest absolute Gasteiger partial charge is 0.421 e. The molecule has 106 valence electrons. The first kappa shape index (κ1) is 14.9. The smallest absolute Gasteiger partial charge is 0.355 e. The highest BCUT2D eigenvalue weighted by molar-refractivity contribution is 9.10. The van der Waals surface area contributed by atoms with Crippen LogP contribution in [0.5, 0.6) is 5.75 Å². The van der Waals surface area contributed by atoms with Gasteiger partial charge in [-0.05, 0) is 40.2 Å². The number of rotatable bonds is 2. The summed E-state index contributed by atoms with van der Waals surface area (Å²) in [7, 11) is 0. The molecule has 0 aliphatic heterocycles. The number of halogens is 3. The van der Waals surface area contributed by atoms with Gasteiger partial charge in [-0.3, -0.25) is 0 Å². The lowest BCUT2D eigenvalue weighted by atomic mass is 10.2. The molecule has 0 fully saturated rings. The zero-order valence-electron chi connectivity index (χ0n) is 10.4. The third kappa shape index (κ3) is 2.94. The van der Waals surface area contributed by atoms with Gasteiger partial charge in [-0.1, -0.05) is 41.4 Å². The van der Waals surface area contributed by atoms with Crippen molar-refractivity contribution in [3.05, 3.63) is 61.9 Å². The van der Waals surface area contributed by atoms with Crippen LogP contribution in [0.15, 0.2) is 46.9 Å². The highest BCUT2D eigenvalue weighted by Gasteiger charge is 2.19. The molecule has 0 aliphatic rings. The van der Waals surface area contributed by atoms with E-state index in [1.54, 1.807) is 18.2 Å². The zero-order valence-corrected chi connectivity index (χ0v) is 14.3. The van der Waals surface area contributed by atoms with Crippen molar-refractivity contribution in [1.82, 2.24) is 0 Å². The normalized spacial score (nSPS) is 10.8. The van der Waals surface area contributed by atoms with E-state index in [1.807, 2.05) is 24.3 Å². The van der Waals surface area contributed by atoms with Crippen molar-refractivity contribution < 1.29 is 9.53 Å². The van der Waals surface area contributed by atoms with Crippen molar-refractivity contribution in [3.63, 3.8) is 0 Å². The molecule has 0 bridgehead atoms. The van der Waals surface area contributed by atoms with E-state index in [4.69, 9.17) is 27.9 Å². The Labute approximate surface area is 143 Å². The molecule has 0 aliphatic carbocycles. The van der Waals surface area contributed by atoms with E-state index in [0.29, 0.717) is 25.1 Å². The maximum absolute atomic E-state index is 12.3. The number of hydrogen-bond donors (Lipinski definition) is 0. The molecule has 21 heavy (non-hydrogen) atoms. The fourth-order valence-electron chi connectivity index (χ4n) is 1.85. The summed E-state index contributed by atoms with van der Waals surface area (Å²) in [6.45, 7) is 0. The molecule has 1 aromatic heterocycles. The first-order valence-electron chi connectivity index (χ1n) is 5.90. The van der Waals surface area contributed by atoms with Gasteiger partial charge < -0.3 is 4.74 Å². The molecule has 0 spiro atoms. The Balaban J connectivity index is 1.95. The first-order chi connectivity index (χ1) is 10.1. The molecule has 1 heterocycles. The van der Waals surface area contributed by atoms with E-state index >= 15 is 0 Å². The number of benzene rings is 2. The standard InChI is InChI=1S/C15H7BrCl2O2S/c16-10-7-8(17)5-6-11(10)20-15(19)14-13(18)9-3-1-2-4-12(9)21-14/h1-7H. The third-order valence-electron chi connectivity index (χ3n) is 2.82. The van der Waals surface area contributed by atoms with Crippen LogP contribution in [0.3, 0.4) is 0 Å². The molecule has 6 heteroatoms. The number of carbonyl (C=O) groups is 1. The number of carbonyl (C=O) groups excluding carboxylic acids is 1. The molecule has 0 radical (unpaired) electrons. The van der Waals surface area contributed by atoms with Crippen molar-refractivity contribution in [2.45, 2.75) is 0 Å². The van der Waals surface area contributed by atoms with E-state index in [0.717, 1.165) is 10.1 Å². The summed E-state index contributed by atoms with van der Waals surface area (Å²) in [5.41, 5.74) is 0. The number of thiophene rings is 1. The Morgan fingerprint density at radius 2 is 1.90 bits per heavy atom. The average Bonchev–Trinajstić information content (AvgIpc) is 2.80. The summed E-state index contributed by atoms with van der Waals surface area (Å²) in [6.07, 6.45) is 0. The highest BCUT2D eigenvalue weighted by Crippen LogP contribution is 2.36. The van der Waals surface area contributed by atoms with Crippen LogP contribution in [0.1, 0.15) is 9.67 Å². The van der Waals surface area contributed by atoms with Gasteiger partial charge in [-0.25, -0.2) is 4.79 Å². The lowest BCUT2D eigenvalue weighted by molar-refractivity contribution is 0.0739. The maximum Gasteiger partial charge on any atom is 0.355 e. The summed E-state index contributed by atoms with van der Waals surface area (Å²) in [6, 6.07) is 12.5. The predicted octanol–water partition coefficient (Wildman–Crippen LogP) is 6.19. The van der Waals surface area contributed by atoms with Gasteiger partial charge >= 0.3 is 5.97 Å². The summed E-state index contributed by atoms with van der Waals surface area (Å²) in [5.74, 6) is -0.0813. The van der Waals surface area contributed by atoms with Gasteiger partial charge in [0.15, 0.2) is 0 Å². The number of fused-ring (bicyclic) bond motifs is 1. The monoisotopic (exact) mass is 400 g/mol. The average molecular weight is 402 g/mol. The lowest BCUT2D eigenvalue weighted by Crippen LogP contribution is -2.07. The van der Waals surface area contributed by atoms with Gasteiger partial charge in [0.2, 0.25) is 0 Å². The first-order valence-corrected chi connectivity index (χ1v) is 8.27. The van der Waals surface area contributed by atoms with Crippen LogP contribution in [0.4, 0.5) is 0 Å². The molecular weight excluding hydrogens is 395 g/mol. The van der Waals surface area contributed by atoms with E-state index in [9.17, 15) is 4.79 Å². The molecule has 3 aromatic rings. The molecule has 0 atom stereocenters. The van der Waals surface area contributed by atoms with E-state index in [1.165, 1.54) is 11.3 Å². The Kier molecular flexibility index (Phi) is 4.22. The summed E-state index contributed by atoms with van der Waals surface area (Å²) < 4.78 is 6.94. The second kappa shape index (κ2) is 5.97. The van der Waals surface area contributed by atoms with Crippen LogP contribution in [0.25, 0.3) is 10.1 Å². The Morgan fingerprint density at radius 1 is 1.14 bits per heavy atom. The van der Waals surface area contributed by atoms with Crippen LogP contribution >= 0.6 is 50.5 Å². The van der Waals surface area contributed by atoms with Gasteiger partial charge in [0.25, 0.3) is 0 Å². The van der Waals surface area contributed by atoms with Crippen LogP contribution in [0.2, 0.25) is 10.0 Å². The molecule has 0 amide bonds. The van der Waals surface area contributed by atoms with Crippen LogP contribution in [-0.4, -0.2) is 5.97 Å². The van der Waals surface area contributed by atoms with E-state index < -0.39 is 5.97 Å². The molecule has 2 aromatic carbocycles. The molecule has 3 rings (SSSR count). The van der Waals surface area contributed by atoms with E-state index in [2.05, 4.69) is 15.9 Å². The quantitative estimate of drug-likeness (QED) is 0.378. The van der Waals surface area contributed by atoms with Gasteiger partial charge in [0.05, 0.1) is 9.50 Å². The number of esters is 1. The molecule has 0 saturated carbocycles. The van der Waals surface area contributed by atoms with Crippen LogP contribution in [-0.2, 0) is 0 Å². The predicted molar refractivity (Wildman–Crippen MR) is 90.9 cm³/mol. The van der Waals surface area contributed by atoms with Gasteiger partial charge in [-0.2, -0.15) is 0 Å². The molecular formula is C15H7BrCl2O2S. The SMILES string of the molecule is O=C(Oc1ccc(Cl)cc1Br)c1sc2ccccc2c1Cl. The summed E-state index contributed by atoms with van der Waals surface area (Å²) in [5, 5.41) is 1.83. The number of hydrogen-bond acceptors (Lipinski definition) is 3. The topological polar surface area (TPSA) is 26.3 Å². The lowest BCUT2D eigenvalue weighted by Gasteiger charge is -2.05. The van der Waals surface area contributed by atoms with Crippen molar-refractivity contribution >= 4 is 66.5 Å². The van der Waals surface area contributed by atoms with Gasteiger partial charge in [-0.15, -0.1) is 11.3 Å². The molecule has 0 N–H and O–H groups in total. The van der Waals surface area contributed by atoms with Crippen molar-refractivity contribution in [2.24, 2.45) is 0 Å². The summed E-state index contributed by atoms with van der Waals surface area (Å²) in [4.78, 5) is 12.7. The minimum Gasteiger partial charge on any atom is -0.421 e. The fraction of sp³-hybridized carbons (Fsp3) is 0. The Hall–Kier alpha value is -1.07. The van der Waals surface area contributed by atoms with Crippen LogP contribution < -0.4 is 4.74 Å². The summed E-state index contributed by atoms with van der Waals surface area (Å²) >= 11 is 16.7. The second-order valence-corrected chi connectivity index (χ2v) is 6.93. The van der Waals surface area contributed by atoms with Gasteiger partial charge in [0, 0.05) is 15.1 Å². The molecule has 0 saturated heterocycles. The third-order valence-corrected chi connectivity index (χ3v) is 5.33. The minimum absolute atomic E-state index is 0.389. The van der Waals surface area contributed by atoms with Crippen molar-refractivity contribution in [3.8, 4) is 5.75 Å². The Morgan fingerprint density at radius 3 is 2.62 bits per heavy atom. The Bertz CT molecular complexity index is 845. The molecule has 0 unspecified atom stereocenters. The second-order valence-electron chi connectivity index (χ2n) is 4.21. The van der Waals surface area contributed by atoms with Crippen molar-refractivity contribution in [2.75, 3.05) is 0 Å². The fourth-order valence-corrected chi connectivity index (χ4v) is 4.00. The number of ether oxygens (including phenoxy) is 1. The van der Waals surface area contributed by atoms with Crippen molar-refractivity contribution in [1.29, 1.82) is 0 Å². The molecule has 2 nitrogen and oxygen atoms in total. The maximum atomic E-state index is 12.3. The van der Waals surface area contributed by atoms with Gasteiger partial charge in [0.1, 0.15) is 10.6 Å². The zero-order chi connectivity index (χ0) is 15.0.